The predicted octanol–water partition coefficient (Wildman–Crippen LogP) is 18.1. The SMILES string of the molecule is CC/C=C\C/C=C\C/C=C\C/C=C\CCCCC(=O)O[C@H](COC(=O)CCCC/C=C\C/C=C\C/C=C\CCCCC)COC(=O)CCCCCCCC/C=C\C/C=C\C/C=C\CCCCC. The number of hydrogen-bond donors (Lipinski definition) is 0. The minimum absolute atomic E-state index is 0.117. The quantitative estimate of drug-likeness (QED) is 0.0262. The van der Waals surface area contributed by atoms with Crippen molar-refractivity contribution >= 4 is 17.9 Å². The van der Waals surface area contributed by atoms with Gasteiger partial charge in [0.2, 0.25) is 0 Å². The van der Waals surface area contributed by atoms with Gasteiger partial charge in [-0.3, -0.25) is 14.4 Å². The zero-order chi connectivity index (χ0) is 48.6. The molecule has 0 fully saturated rings. The Balaban J connectivity index is 4.54. The molecular formula is C61H98O6. The topological polar surface area (TPSA) is 78.9 Å². The van der Waals surface area contributed by atoms with Gasteiger partial charge in [0.25, 0.3) is 0 Å². The number of esters is 3. The summed E-state index contributed by atoms with van der Waals surface area (Å²) < 4.78 is 16.7. The van der Waals surface area contributed by atoms with Crippen molar-refractivity contribution in [1.82, 2.24) is 0 Å². The number of carbonyl (C=O) groups is 3. The van der Waals surface area contributed by atoms with E-state index in [0.29, 0.717) is 25.7 Å². The molecule has 0 heterocycles. The van der Waals surface area contributed by atoms with Crippen LogP contribution in [0.4, 0.5) is 0 Å². The molecule has 0 aliphatic carbocycles. The van der Waals surface area contributed by atoms with Gasteiger partial charge in [-0.05, 0) is 135 Å². The number of carbonyl (C=O) groups excluding carboxylic acids is 3. The molecule has 378 valence electrons. The Kier molecular flexibility index (Phi) is 51.0. The minimum atomic E-state index is -0.824. The van der Waals surface area contributed by atoms with Crippen LogP contribution in [0, 0.1) is 0 Å². The molecule has 6 heteroatoms. The third kappa shape index (κ3) is 52.6. The molecule has 0 rings (SSSR count). The molecule has 0 saturated heterocycles. The molecule has 0 unspecified atom stereocenters. The van der Waals surface area contributed by atoms with Gasteiger partial charge in [-0.1, -0.05) is 194 Å². The number of ether oxygens (including phenoxy) is 3. The number of rotatable bonds is 47. The Labute approximate surface area is 412 Å². The molecule has 0 aromatic heterocycles. The highest BCUT2D eigenvalue weighted by Crippen LogP contribution is 2.12. The van der Waals surface area contributed by atoms with Crippen LogP contribution in [0.1, 0.15) is 226 Å². The second-order valence-corrected chi connectivity index (χ2v) is 17.4. The molecule has 0 spiro atoms. The standard InChI is InChI=1S/C61H98O6/c1-4-7-10-13-16-19-22-25-28-29-30-31-34-36-39-42-45-48-51-54-60(63)66-57-58(67-61(64)55-52-49-46-43-40-37-33-27-24-21-18-15-12-9-6-3)56-65-59(62)53-50-47-44-41-38-35-32-26-23-20-17-14-11-8-5-2/h9,12,16-21,25-28,30-33,38,40-41,43,58H,4-8,10-11,13-15,22-24,29,34-37,39,42,44-57H2,1-3H3/b12-9-,19-16-,20-17-,21-18-,28-25-,31-30-,32-26-,33-27-,41-38-,43-40-/t58-/m1/s1. The summed E-state index contributed by atoms with van der Waals surface area (Å²) in [5.41, 5.74) is 0. The first kappa shape index (κ1) is 62.8. The molecule has 0 bridgehead atoms. The molecule has 67 heavy (non-hydrogen) atoms. The lowest BCUT2D eigenvalue weighted by atomic mass is 10.1. The zero-order valence-electron chi connectivity index (χ0n) is 43.1. The van der Waals surface area contributed by atoms with E-state index in [2.05, 4.69) is 142 Å². The summed E-state index contributed by atoms with van der Waals surface area (Å²) in [5, 5.41) is 0. The van der Waals surface area contributed by atoms with Crippen LogP contribution in [-0.2, 0) is 28.6 Å². The summed E-state index contributed by atoms with van der Waals surface area (Å²) >= 11 is 0. The lowest BCUT2D eigenvalue weighted by molar-refractivity contribution is -0.167. The third-order valence-corrected chi connectivity index (χ3v) is 10.9. The second kappa shape index (κ2) is 54.4. The van der Waals surface area contributed by atoms with Crippen molar-refractivity contribution in [1.29, 1.82) is 0 Å². The Morgan fingerprint density at radius 2 is 0.582 bits per heavy atom. The van der Waals surface area contributed by atoms with Gasteiger partial charge in [0, 0.05) is 19.3 Å². The smallest absolute Gasteiger partial charge is 0.306 e. The number of allylic oxidation sites excluding steroid dienone is 20. The first-order valence-corrected chi connectivity index (χ1v) is 27.0. The maximum atomic E-state index is 12.8. The molecule has 1 atom stereocenters. The fourth-order valence-corrected chi connectivity index (χ4v) is 6.86. The fraction of sp³-hybridized carbons (Fsp3) is 0.623. The Morgan fingerprint density at radius 3 is 0.940 bits per heavy atom. The lowest BCUT2D eigenvalue weighted by Crippen LogP contribution is -2.30. The van der Waals surface area contributed by atoms with Gasteiger partial charge < -0.3 is 14.2 Å². The molecule has 0 saturated carbocycles. The van der Waals surface area contributed by atoms with Gasteiger partial charge in [0.1, 0.15) is 13.2 Å². The van der Waals surface area contributed by atoms with Gasteiger partial charge >= 0.3 is 17.9 Å². The summed E-state index contributed by atoms with van der Waals surface area (Å²) in [6.07, 6.45) is 74.7. The lowest BCUT2D eigenvalue weighted by Gasteiger charge is -2.18. The van der Waals surface area contributed by atoms with Gasteiger partial charge in [-0.15, -0.1) is 0 Å². The van der Waals surface area contributed by atoms with Crippen molar-refractivity contribution < 1.29 is 28.6 Å². The Morgan fingerprint density at radius 1 is 0.313 bits per heavy atom. The van der Waals surface area contributed by atoms with Crippen molar-refractivity contribution in [3.05, 3.63) is 122 Å². The largest absolute Gasteiger partial charge is 0.462 e. The van der Waals surface area contributed by atoms with E-state index in [4.69, 9.17) is 14.2 Å². The fourth-order valence-electron chi connectivity index (χ4n) is 6.86. The highest BCUT2D eigenvalue weighted by atomic mass is 16.6. The van der Waals surface area contributed by atoms with E-state index in [1.54, 1.807) is 0 Å². The zero-order valence-corrected chi connectivity index (χ0v) is 43.1. The first-order valence-electron chi connectivity index (χ1n) is 27.0. The van der Waals surface area contributed by atoms with Crippen LogP contribution >= 0.6 is 0 Å². The average Bonchev–Trinajstić information content (AvgIpc) is 3.33. The van der Waals surface area contributed by atoms with E-state index < -0.39 is 6.10 Å². The molecule has 0 radical (unpaired) electrons. The summed E-state index contributed by atoms with van der Waals surface area (Å²) in [4.78, 5) is 38.0. The van der Waals surface area contributed by atoms with Crippen molar-refractivity contribution in [2.45, 2.75) is 232 Å². The second-order valence-electron chi connectivity index (χ2n) is 17.4. The van der Waals surface area contributed by atoms with Crippen LogP contribution in [0.3, 0.4) is 0 Å². The molecule has 0 amide bonds. The monoisotopic (exact) mass is 927 g/mol. The van der Waals surface area contributed by atoms with Gasteiger partial charge in [-0.25, -0.2) is 0 Å². The Hall–Kier alpha value is -4.19. The molecular weight excluding hydrogens is 829 g/mol. The summed E-state index contributed by atoms with van der Waals surface area (Å²) in [6, 6.07) is 0. The van der Waals surface area contributed by atoms with Gasteiger partial charge in [0.05, 0.1) is 0 Å². The minimum Gasteiger partial charge on any atom is -0.462 e. The summed E-state index contributed by atoms with van der Waals surface area (Å²) in [5.74, 6) is -1.02. The van der Waals surface area contributed by atoms with Crippen molar-refractivity contribution in [3.63, 3.8) is 0 Å². The van der Waals surface area contributed by atoms with Gasteiger partial charge in [0.15, 0.2) is 6.10 Å². The average molecular weight is 927 g/mol. The molecule has 6 nitrogen and oxygen atoms in total. The van der Waals surface area contributed by atoms with Gasteiger partial charge in [-0.2, -0.15) is 0 Å². The normalized spacial score (nSPS) is 13.1. The molecule has 0 aliphatic heterocycles. The van der Waals surface area contributed by atoms with Crippen LogP contribution in [0.5, 0.6) is 0 Å². The molecule has 0 aromatic carbocycles. The van der Waals surface area contributed by atoms with Crippen LogP contribution in [-0.4, -0.2) is 37.2 Å². The van der Waals surface area contributed by atoms with E-state index in [1.807, 2.05) is 0 Å². The highest BCUT2D eigenvalue weighted by molar-refractivity contribution is 5.71. The summed E-state index contributed by atoms with van der Waals surface area (Å²) in [7, 11) is 0. The third-order valence-electron chi connectivity index (χ3n) is 10.9. The van der Waals surface area contributed by atoms with Crippen molar-refractivity contribution in [2.75, 3.05) is 13.2 Å². The molecule has 0 aromatic rings. The van der Waals surface area contributed by atoms with Crippen molar-refractivity contribution in [3.8, 4) is 0 Å². The van der Waals surface area contributed by atoms with E-state index in [1.165, 1.54) is 64.2 Å². The molecule has 0 N–H and O–H groups in total. The van der Waals surface area contributed by atoms with E-state index in [9.17, 15) is 14.4 Å². The first-order chi connectivity index (χ1) is 33.0. The van der Waals surface area contributed by atoms with Crippen LogP contribution in [0.25, 0.3) is 0 Å². The van der Waals surface area contributed by atoms with E-state index in [0.717, 1.165) is 109 Å². The molecule has 0 aliphatic rings. The maximum absolute atomic E-state index is 12.8. The number of unbranched alkanes of at least 4 members (excludes halogenated alkanes) is 16. The van der Waals surface area contributed by atoms with E-state index >= 15 is 0 Å². The maximum Gasteiger partial charge on any atom is 0.306 e. The van der Waals surface area contributed by atoms with Crippen molar-refractivity contribution in [2.24, 2.45) is 0 Å². The van der Waals surface area contributed by atoms with Crippen LogP contribution in [0.2, 0.25) is 0 Å². The van der Waals surface area contributed by atoms with E-state index in [-0.39, 0.29) is 37.5 Å². The summed E-state index contributed by atoms with van der Waals surface area (Å²) in [6.45, 7) is 6.37. The number of hydrogen-bond acceptors (Lipinski definition) is 6. The predicted molar refractivity (Wildman–Crippen MR) is 288 cm³/mol. The Bertz CT molecular complexity index is 1440. The highest BCUT2D eigenvalue weighted by Gasteiger charge is 2.19. The van der Waals surface area contributed by atoms with Crippen LogP contribution < -0.4 is 0 Å². The van der Waals surface area contributed by atoms with Crippen LogP contribution in [0.15, 0.2) is 122 Å².